The number of benzene rings is 1. The van der Waals surface area contributed by atoms with Crippen molar-refractivity contribution in [3.05, 3.63) is 29.3 Å². The molecule has 19 heavy (non-hydrogen) atoms. The van der Waals surface area contributed by atoms with Gasteiger partial charge in [-0.2, -0.15) is 0 Å². The molecule has 4 nitrogen and oxygen atoms in total. The van der Waals surface area contributed by atoms with Crippen LogP contribution in [0.3, 0.4) is 0 Å². The molecule has 4 heteroatoms. The second kappa shape index (κ2) is 7.92. The first-order valence-corrected chi connectivity index (χ1v) is 6.74. The second-order valence-corrected chi connectivity index (χ2v) is 4.69. The van der Waals surface area contributed by atoms with Crippen LogP contribution in [-0.2, 0) is 16.0 Å². The van der Waals surface area contributed by atoms with E-state index >= 15 is 0 Å². The molecular formula is C15H24N2O2. The summed E-state index contributed by atoms with van der Waals surface area (Å²) in [4.78, 5) is 12.1. The van der Waals surface area contributed by atoms with Gasteiger partial charge < -0.3 is 15.8 Å². The number of anilines is 1. The quantitative estimate of drug-likeness (QED) is 0.742. The summed E-state index contributed by atoms with van der Waals surface area (Å²) in [6.45, 7) is 4.69. The Kier molecular flexibility index (Phi) is 6.53. The molecule has 1 unspecified atom stereocenters. The number of hydrogen-bond acceptors (Lipinski definition) is 3. The molecule has 0 aliphatic rings. The van der Waals surface area contributed by atoms with Gasteiger partial charge in [0.25, 0.3) is 0 Å². The highest BCUT2D eigenvalue weighted by Crippen LogP contribution is 2.21. The van der Waals surface area contributed by atoms with Gasteiger partial charge in [0.1, 0.15) is 0 Å². The Labute approximate surface area is 115 Å². The molecule has 0 aliphatic heterocycles. The van der Waals surface area contributed by atoms with Crippen LogP contribution < -0.4 is 11.1 Å². The van der Waals surface area contributed by atoms with E-state index in [-0.39, 0.29) is 5.91 Å². The molecule has 3 N–H and O–H groups in total. The zero-order valence-electron chi connectivity index (χ0n) is 12.0. The lowest BCUT2D eigenvalue weighted by Crippen LogP contribution is -2.36. The molecule has 0 aromatic heterocycles. The number of para-hydroxylation sites is 1. The zero-order valence-corrected chi connectivity index (χ0v) is 12.0. The van der Waals surface area contributed by atoms with Gasteiger partial charge in [0.05, 0.1) is 6.04 Å². The number of nitrogens with two attached hydrogens (primary N) is 1. The first-order valence-electron chi connectivity index (χ1n) is 6.74. The number of ether oxygens (including phenoxy) is 1. The third-order valence-electron chi connectivity index (χ3n) is 3.19. The number of methoxy groups -OCH3 is 1. The Balaban J connectivity index is 2.66. The Hall–Kier alpha value is -1.39. The maximum absolute atomic E-state index is 12.1. The molecule has 0 radical (unpaired) electrons. The van der Waals surface area contributed by atoms with Gasteiger partial charge in [-0.3, -0.25) is 4.79 Å². The third-order valence-corrected chi connectivity index (χ3v) is 3.19. The van der Waals surface area contributed by atoms with E-state index < -0.39 is 6.04 Å². The largest absolute Gasteiger partial charge is 0.385 e. The fourth-order valence-corrected chi connectivity index (χ4v) is 2.00. The van der Waals surface area contributed by atoms with Gasteiger partial charge in [0.2, 0.25) is 5.91 Å². The summed E-state index contributed by atoms with van der Waals surface area (Å²) in [6.07, 6.45) is 2.31. The molecule has 0 saturated carbocycles. The van der Waals surface area contributed by atoms with Gasteiger partial charge in [-0.1, -0.05) is 25.1 Å². The van der Waals surface area contributed by atoms with Crippen molar-refractivity contribution in [1.29, 1.82) is 0 Å². The highest BCUT2D eigenvalue weighted by Gasteiger charge is 2.15. The van der Waals surface area contributed by atoms with Crippen molar-refractivity contribution in [1.82, 2.24) is 0 Å². The molecule has 1 rings (SSSR count). The van der Waals surface area contributed by atoms with E-state index in [1.807, 2.05) is 25.1 Å². The minimum atomic E-state index is -0.487. The van der Waals surface area contributed by atoms with Crippen LogP contribution in [0.1, 0.15) is 30.9 Å². The minimum Gasteiger partial charge on any atom is -0.385 e. The summed E-state index contributed by atoms with van der Waals surface area (Å²) >= 11 is 0. The van der Waals surface area contributed by atoms with Crippen molar-refractivity contribution in [3.8, 4) is 0 Å². The van der Waals surface area contributed by atoms with Gasteiger partial charge in [0.15, 0.2) is 0 Å². The number of hydrogen-bond donors (Lipinski definition) is 2. The van der Waals surface area contributed by atoms with E-state index in [2.05, 4.69) is 12.2 Å². The van der Waals surface area contributed by atoms with Crippen LogP contribution >= 0.6 is 0 Å². The lowest BCUT2D eigenvalue weighted by Gasteiger charge is -2.16. The van der Waals surface area contributed by atoms with Crippen LogP contribution in [0.4, 0.5) is 5.69 Å². The molecule has 1 aromatic rings. The van der Waals surface area contributed by atoms with Gasteiger partial charge >= 0.3 is 0 Å². The number of carbonyl (C=O) groups excluding carboxylic acids is 1. The number of aryl methyl sites for hydroxylation is 2. The lowest BCUT2D eigenvalue weighted by molar-refractivity contribution is -0.117. The molecule has 0 fully saturated rings. The predicted molar refractivity (Wildman–Crippen MR) is 78.3 cm³/mol. The molecule has 106 valence electrons. The van der Waals surface area contributed by atoms with E-state index in [4.69, 9.17) is 10.5 Å². The zero-order chi connectivity index (χ0) is 14.3. The molecule has 0 bridgehead atoms. The van der Waals surface area contributed by atoms with Crippen LogP contribution in [0.25, 0.3) is 0 Å². The van der Waals surface area contributed by atoms with E-state index in [0.29, 0.717) is 13.0 Å². The van der Waals surface area contributed by atoms with Gasteiger partial charge in [-0.05, 0) is 37.3 Å². The van der Waals surface area contributed by atoms with Crippen LogP contribution in [0.5, 0.6) is 0 Å². The number of amides is 1. The fraction of sp³-hybridized carbons (Fsp3) is 0.533. The van der Waals surface area contributed by atoms with Crippen molar-refractivity contribution >= 4 is 11.6 Å². The monoisotopic (exact) mass is 264 g/mol. The fourth-order valence-electron chi connectivity index (χ4n) is 2.00. The van der Waals surface area contributed by atoms with E-state index in [1.54, 1.807) is 7.11 Å². The SMILES string of the molecule is CCc1cccc(C)c1NC(=O)C(N)CCCOC. The molecule has 0 aliphatic carbocycles. The molecular weight excluding hydrogens is 240 g/mol. The van der Waals surface area contributed by atoms with Gasteiger partial charge in [-0.15, -0.1) is 0 Å². The average Bonchev–Trinajstić information content (AvgIpc) is 2.41. The summed E-state index contributed by atoms with van der Waals surface area (Å²) in [6, 6.07) is 5.53. The highest BCUT2D eigenvalue weighted by molar-refractivity contribution is 5.96. The minimum absolute atomic E-state index is 0.125. The molecule has 0 spiro atoms. The van der Waals surface area contributed by atoms with Gasteiger partial charge in [0, 0.05) is 19.4 Å². The number of nitrogens with one attached hydrogen (secondary N) is 1. The third kappa shape index (κ3) is 4.65. The van der Waals surface area contributed by atoms with Crippen molar-refractivity contribution < 1.29 is 9.53 Å². The number of rotatable bonds is 7. The van der Waals surface area contributed by atoms with Crippen molar-refractivity contribution in [3.63, 3.8) is 0 Å². The van der Waals surface area contributed by atoms with Crippen LogP contribution in [0.2, 0.25) is 0 Å². The van der Waals surface area contributed by atoms with Crippen LogP contribution in [-0.4, -0.2) is 25.7 Å². The maximum Gasteiger partial charge on any atom is 0.241 e. The molecule has 1 aromatic carbocycles. The lowest BCUT2D eigenvalue weighted by atomic mass is 10.0. The Bertz CT molecular complexity index is 419. The Morgan fingerprint density at radius 3 is 2.84 bits per heavy atom. The van der Waals surface area contributed by atoms with Crippen LogP contribution in [0, 0.1) is 6.92 Å². The summed E-state index contributed by atoms with van der Waals surface area (Å²) < 4.78 is 4.96. The van der Waals surface area contributed by atoms with Crippen molar-refractivity contribution in [2.24, 2.45) is 5.73 Å². The standard InChI is InChI=1S/C15H24N2O2/c1-4-12-8-5-7-11(2)14(12)17-15(18)13(16)9-6-10-19-3/h5,7-8,13H,4,6,9-10,16H2,1-3H3,(H,17,18). The first kappa shape index (κ1) is 15.7. The summed E-state index contributed by atoms with van der Waals surface area (Å²) in [7, 11) is 1.65. The topological polar surface area (TPSA) is 64.4 Å². The van der Waals surface area contributed by atoms with E-state index in [1.165, 1.54) is 0 Å². The summed E-state index contributed by atoms with van der Waals surface area (Å²) in [5.74, 6) is -0.125. The van der Waals surface area contributed by atoms with Gasteiger partial charge in [-0.25, -0.2) is 0 Å². The smallest absolute Gasteiger partial charge is 0.241 e. The highest BCUT2D eigenvalue weighted by atomic mass is 16.5. The number of carbonyl (C=O) groups is 1. The first-order chi connectivity index (χ1) is 9.10. The van der Waals surface area contributed by atoms with Crippen molar-refractivity contribution in [2.45, 2.75) is 39.2 Å². The van der Waals surface area contributed by atoms with E-state index in [9.17, 15) is 4.79 Å². The Morgan fingerprint density at radius 2 is 2.21 bits per heavy atom. The molecule has 0 heterocycles. The predicted octanol–water partition coefficient (Wildman–Crippen LogP) is 2.25. The second-order valence-electron chi connectivity index (χ2n) is 4.69. The molecule has 1 amide bonds. The summed E-state index contributed by atoms with van der Waals surface area (Å²) in [5.41, 5.74) is 8.98. The van der Waals surface area contributed by atoms with Crippen LogP contribution in [0.15, 0.2) is 18.2 Å². The normalized spacial score (nSPS) is 12.2. The molecule has 0 saturated heterocycles. The summed E-state index contributed by atoms with van der Waals surface area (Å²) in [5, 5.41) is 2.95. The molecule has 1 atom stereocenters. The van der Waals surface area contributed by atoms with E-state index in [0.717, 1.165) is 29.7 Å². The van der Waals surface area contributed by atoms with Crippen molar-refractivity contribution in [2.75, 3.05) is 19.0 Å². The Morgan fingerprint density at radius 1 is 1.47 bits per heavy atom. The maximum atomic E-state index is 12.1. The average molecular weight is 264 g/mol.